The second-order valence-electron chi connectivity index (χ2n) is 7.04. The maximum absolute atomic E-state index is 12.9. The molecule has 2 aromatic heterocycles. The number of amides is 1. The smallest absolute Gasteiger partial charge is 0.267 e. The van der Waals surface area contributed by atoms with Crippen LogP contribution in [0.5, 0.6) is 0 Å². The highest BCUT2D eigenvalue weighted by Crippen LogP contribution is 2.27. The van der Waals surface area contributed by atoms with Gasteiger partial charge < -0.3 is 5.32 Å². The molecule has 0 saturated carbocycles. The van der Waals surface area contributed by atoms with Crippen molar-refractivity contribution in [1.82, 2.24) is 14.8 Å². The number of nitrogens with one attached hydrogen (secondary N) is 1. The molecule has 5 nitrogen and oxygen atoms in total. The summed E-state index contributed by atoms with van der Waals surface area (Å²) in [4.78, 5) is 18.1. The fourth-order valence-electron chi connectivity index (χ4n) is 3.39. The number of hydrogen-bond donors (Lipinski definition) is 1. The summed E-state index contributed by atoms with van der Waals surface area (Å²) in [5.74, 6) is -0.116. The summed E-state index contributed by atoms with van der Waals surface area (Å²) in [7, 11) is 0. The largest absolute Gasteiger partial charge is 0.321 e. The second-order valence-corrected chi connectivity index (χ2v) is 8.02. The zero-order chi connectivity index (χ0) is 20.3. The van der Waals surface area contributed by atoms with Crippen molar-refractivity contribution >= 4 is 22.9 Å². The molecule has 0 spiro atoms. The van der Waals surface area contributed by atoms with Gasteiger partial charge in [0.25, 0.3) is 5.91 Å². The molecular formula is C22H28N4OS. The van der Waals surface area contributed by atoms with E-state index in [0.29, 0.717) is 4.88 Å². The van der Waals surface area contributed by atoms with Crippen LogP contribution in [0.15, 0.2) is 24.3 Å². The van der Waals surface area contributed by atoms with Crippen LogP contribution in [0.3, 0.4) is 0 Å². The molecule has 0 aliphatic rings. The second kappa shape index (κ2) is 8.69. The van der Waals surface area contributed by atoms with Gasteiger partial charge in [0.1, 0.15) is 4.88 Å². The number of nitrogens with zero attached hydrogens (tertiary/aromatic N) is 3. The van der Waals surface area contributed by atoms with Gasteiger partial charge in [0, 0.05) is 11.4 Å². The molecule has 2 heterocycles. The summed E-state index contributed by atoms with van der Waals surface area (Å²) < 4.78 is 1.88. The zero-order valence-electron chi connectivity index (χ0n) is 17.3. The Hall–Kier alpha value is -2.47. The van der Waals surface area contributed by atoms with Crippen molar-refractivity contribution < 1.29 is 4.79 Å². The third-order valence-electron chi connectivity index (χ3n) is 5.04. The Kier molecular flexibility index (Phi) is 6.29. The molecule has 148 valence electrons. The van der Waals surface area contributed by atoms with Crippen LogP contribution in [0, 0.1) is 20.8 Å². The van der Waals surface area contributed by atoms with E-state index in [0.717, 1.165) is 59.1 Å². The summed E-state index contributed by atoms with van der Waals surface area (Å²) in [6.07, 6.45) is 4.20. The molecule has 0 aliphatic carbocycles. The van der Waals surface area contributed by atoms with Gasteiger partial charge in [-0.2, -0.15) is 5.10 Å². The van der Waals surface area contributed by atoms with Crippen molar-refractivity contribution in [2.24, 2.45) is 0 Å². The standard InChI is InChI=1S/C22H28N4OS/c1-6-8-12-18-14(3)25-26(16(18)5)22-23-15(4)20(28-22)21(27)24-19-13-10-9-11-17(19)7-2/h9-11,13H,6-8,12H2,1-5H3,(H,24,27). The molecule has 3 aromatic rings. The third kappa shape index (κ3) is 4.02. The van der Waals surface area contributed by atoms with Gasteiger partial charge in [0.05, 0.1) is 11.4 Å². The number of benzene rings is 1. The molecule has 0 bridgehead atoms. The first-order valence-electron chi connectivity index (χ1n) is 9.88. The Bertz CT molecular complexity index is 987. The van der Waals surface area contributed by atoms with E-state index in [1.165, 1.54) is 16.9 Å². The maximum Gasteiger partial charge on any atom is 0.267 e. The van der Waals surface area contributed by atoms with Crippen molar-refractivity contribution in [3.05, 3.63) is 57.4 Å². The summed E-state index contributed by atoms with van der Waals surface area (Å²) in [6.45, 7) is 10.3. The van der Waals surface area contributed by atoms with Crippen molar-refractivity contribution in [3.63, 3.8) is 0 Å². The predicted molar refractivity (Wildman–Crippen MR) is 116 cm³/mol. The lowest BCUT2D eigenvalue weighted by Gasteiger charge is -2.08. The van der Waals surface area contributed by atoms with Crippen molar-refractivity contribution in [2.75, 3.05) is 5.32 Å². The van der Waals surface area contributed by atoms with E-state index in [2.05, 4.69) is 31.1 Å². The third-order valence-corrected chi connectivity index (χ3v) is 6.17. The van der Waals surface area contributed by atoms with E-state index in [1.54, 1.807) is 0 Å². The van der Waals surface area contributed by atoms with Gasteiger partial charge in [-0.1, -0.05) is 49.8 Å². The van der Waals surface area contributed by atoms with E-state index in [9.17, 15) is 4.79 Å². The van der Waals surface area contributed by atoms with Crippen molar-refractivity contribution in [2.45, 2.75) is 60.3 Å². The summed E-state index contributed by atoms with van der Waals surface area (Å²) >= 11 is 1.39. The first-order valence-corrected chi connectivity index (χ1v) is 10.7. The lowest BCUT2D eigenvalue weighted by atomic mass is 10.1. The normalized spacial score (nSPS) is 11.0. The predicted octanol–water partition coefficient (Wildman–Crippen LogP) is 5.41. The van der Waals surface area contributed by atoms with Gasteiger partial charge in [0.15, 0.2) is 0 Å². The number of thiazole rings is 1. The Morgan fingerprint density at radius 1 is 1.14 bits per heavy atom. The summed E-state index contributed by atoms with van der Waals surface area (Å²) in [5.41, 5.74) is 6.16. The molecule has 0 saturated heterocycles. The molecule has 28 heavy (non-hydrogen) atoms. The highest BCUT2D eigenvalue weighted by molar-refractivity contribution is 7.16. The fourth-order valence-corrected chi connectivity index (χ4v) is 4.36. The van der Waals surface area contributed by atoms with Crippen LogP contribution in [0.25, 0.3) is 5.13 Å². The molecule has 0 atom stereocenters. The molecule has 0 fully saturated rings. The number of anilines is 1. The Morgan fingerprint density at radius 3 is 2.61 bits per heavy atom. The Balaban J connectivity index is 1.88. The van der Waals surface area contributed by atoms with Crippen molar-refractivity contribution in [3.8, 4) is 5.13 Å². The van der Waals surface area contributed by atoms with Gasteiger partial charge in [0.2, 0.25) is 5.13 Å². The molecule has 1 N–H and O–H groups in total. The van der Waals surface area contributed by atoms with Crippen LogP contribution < -0.4 is 5.32 Å². The maximum atomic E-state index is 12.9. The number of carbonyl (C=O) groups is 1. The molecule has 3 rings (SSSR count). The molecule has 0 radical (unpaired) electrons. The fraction of sp³-hybridized carbons (Fsp3) is 0.409. The highest BCUT2D eigenvalue weighted by Gasteiger charge is 2.20. The number of carbonyl (C=O) groups excluding carboxylic acids is 1. The lowest BCUT2D eigenvalue weighted by Crippen LogP contribution is -2.12. The SMILES string of the molecule is CCCCc1c(C)nn(-c2nc(C)c(C(=O)Nc3ccccc3CC)s2)c1C. The number of aryl methyl sites for hydroxylation is 3. The van der Waals surface area contributed by atoms with E-state index in [-0.39, 0.29) is 5.91 Å². The zero-order valence-corrected chi connectivity index (χ0v) is 18.1. The molecule has 1 aromatic carbocycles. The first-order chi connectivity index (χ1) is 13.5. The van der Waals surface area contributed by atoms with E-state index in [4.69, 9.17) is 5.10 Å². The van der Waals surface area contributed by atoms with E-state index in [1.807, 2.05) is 42.8 Å². The molecule has 1 amide bonds. The van der Waals surface area contributed by atoms with Gasteiger partial charge in [-0.25, -0.2) is 9.67 Å². The van der Waals surface area contributed by atoms with Gasteiger partial charge in [-0.3, -0.25) is 4.79 Å². The van der Waals surface area contributed by atoms with Crippen LogP contribution >= 0.6 is 11.3 Å². The summed E-state index contributed by atoms with van der Waals surface area (Å²) in [5, 5.41) is 8.48. The molecule has 0 aliphatic heterocycles. The number of rotatable bonds is 7. The minimum Gasteiger partial charge on any atom is -0.321 e. The lowest BCUT2D eigenvalue weighted by molar-refractivity contribution is 0.102. The van der Waals surface area contributed by atoms with E-state index >= 15 is 0 Å². The monoisotopic (exact) mass is 396 g/mol. The highest BCUT2D eigenvalue weighted by atomic mass is 32.1. The number of aromatic nitrogens is 3. The Labute approximate surface area is 170 Å². The molecular weight excluding hydrogens is 368 g/mol. The minimum absolute atomic E-state index is 0.116. The van der Waals surface area contributed by atoms with Crippen LogP contribution in [-0.4, -0.2) is 20.7 Å². The average molecular weight is 397 g/mol. The van der Waals surface area contributed by atoms with Crippen molar-refractivity contribution in [1.29, 1.82) is 0 Å². The van der Waals surface area contributed by atoms with Crippen LogP contribution in [0.2, 0.25) is 0 Å². The van der Waals surface area contributed by atoms with Gasteiger partial charge in [-0.05, 0) is 57.2 Å². The molecule has 0 unspecified atom stereocenters. The van der Waals surface area contributed by atoms with Crippen LogP contribution in [0.1, 0.15) is 64.6 Å². The van der Waals surface area contributed by atoms with Crippen LogP contribution in [0.4, 0.5) is 5.69 Å². The number of unbranched alkanes of at least 4 members (excludes halogenated alkanes) is 1. The van der Waals surface area contributed by atoms with E-state index < -0.39 is 0 Å². The number of para-hydroxylation sites is 1. The topological polar surface area (TPSA) is 59.8 Å². The minimum atomic E-state index is -0.116. The van der Waals surface area contributed by atoms with Gasteiger partial charge in [-0.15, -0.1) is 0 Å². The quantitative estimate of drug-likeness (QED) is 0.581. The Morgan fingerprint density at radius 2 is 1.89 bits per heavy atom. The summed E-state index contributed by atoms with van der Waals surface area (Å²) in [6, 6.07) is 7.90. The average Bonchev–Trinajstić information content (AvgIpc) is 3.20. The molecule has 6 heteroatoms. The van der Waals surface area contributed by atoms with Gasteiger partial charge >= 0.3 is 0 Å². The number of hydrogen-bond acceptors (Lipinski definition) is 4. The first kappa shape index (κ1) is 20.3. The van der Waals surface area contributed by atoms with Crippen LogP contribution in [-0.2, 0) is 12.8 Å².